The maximum atomic E-state index is 13.6. The van der Waals surface area contributed by atoms with Gasteiger partial charge in [0.05, 0.1) is 9.88 Å². The number of hydrogen-bond acceptors (Lipinski definition) is 4. The molecule has 6 heteroatoms. The minimum Gasteiger partial charge on any atom is -0.350 e. The average molecular weight is 470 g/mol. The molecule has 1 aliphatic heterocycles. The van der Waals surface area contributed by atoms with Gasteiger partial charge in [-0.1, -0.05) is 60.7 Å². The predicted molar refractivity (Wildman–Crippen MR) is 137 cm³/mol. The van der Waals surface area contributed by atoms with Crippen molar-refractivity contribution in [3.8, 4) is 10.4 Å². The highest BCUT2D eigenvalue weighted by Gasteiger charge is 2.31. The Bertz CT molecular complexity index is 1330. The summed E-state index contributed by atoms with van der Waals surface area (Å²) in [5, 5.41) is 6.09. The maximum Gasteiger partial charge on any atom is 0.274 e. The van der Waals surface area contributed by atoms with Crippen molar-refractivity contribution in [2.45, 2.75) is 32.2 Å². The molecule has 172 valence electrons. The number of aryl methyl sites for hydroxylation is 1. The molecule has 2 heterocycles. The molecule has 1 unspecified atom stereocenters. The molecule has 34 heavy (non-hydrogen) atoms. The van der Waals surface area contributed by atoms with Crippen molar-refractivity contribution in [3.63, 3.8) is 0 Å². The predicted octanol–water partition coefficient (Wildman–Crippen LogP) is 5.70. The molecule has 1 atom stereocenters. The van der Waals surface area contributed by atoms with Crippen molar-refractivity contribution >= 4 is 33.9 Å². The van der Waals surface area contributed by atoms with Gasteiger partial charge in [-0.3, -0.25) is 9.59 Å². The van der Waals surface area contributed by atoms with Crippen LogP contribution in [-0.4, -0.2) is 40.8 Å². The van der Waals surface area contributed by atoms with Crippen molar-refractivity contribution < 1.29 is 9.59 Å². The Kier molecular flexibility index (Phi) is 6.41. The lowest BCUT2D eigenvalue weighted by molar-refractivity contribution is 0.0598. The summed E-state index contributed by atoms with van der Waals surface area (Å²) < 4.78 is 0. The van der Waals surface area contributed by atoms with Crippen molar-refractivity contribution in [2.75, 3.05) is 13.1 Å². The molecule has 1 aliphatic rings. The number of rotatable bonds is 5. The number of amides is 2. The first-order valence-corrected chi connectivity index (χ1v) is 12.5. The summed E-state index contributed by atoms with van der Waals surface area (Å²) >= 11 is 1.55. The van der Waals surface area contributed by atoms with Gasteiger partial charge < -0.3 is 10.2 Å². The highest BCUT2D eigenvalue weighted by molar-refractivity contribution is 7.15. The maximum absolute atomic E-state index is 13.6. The smallest absolute Gasteiger partial charge is 0.274 e. The quantitative estimate of drug-likeness (QED) is 0.408. The zero-order chi connectivity index (χ0) is 23.5. The third-order valence-electron chi connectivity index (χ3n) is 6.37. The van der Waals surface area contributed by atoms with Gasteiger partial charge >= 0.3 is 0 Å². The van der Waals surface area contributed by atoms with Gasteiger partial charge in [-0.2, -0.15) is 0 Å². The zero-order valence-corrected chi connectivity index (χ0v) is 20.0. The number of carbonyl (C=O) groups excluding carboxylic acids is 2. The van der Waals surface area contributed by atoms with E-state index in [1.807, 2.05) is 84.6 Å². The van der Waals surface area contributed by atoms with Crippen LogP contribution in [-0.2, 0) is 0 Å². The summed E-state index contributed by atoms with van der Waals surface area (Å²) in [4.78, 5) is 34.0. The molecule has 3 aromatic carbocycles. The van der Waals surface area contributed by atoms with Crippen molar-refractivity contribution in [1.29, 1.82) is 0 Å². The van der Waals surface area contributed by atoms with E-state index in [2.05, 4.69) is 10.3 Å². The summed E-state index contributed by atoms with van der Waals surface area (Å²) in [7, 11) is 0. The largest absolute Gasteiger partial charge is 0.350 e. The van der Waals surface area contributed by atoms with Crippen LogP contribution < -0.4 is 5.32 Å². The number of piperidine rings is 1. The van der Waals surface area contributed by atoms with E-state index in [9.17, 15) is 9.59 Å². The lowest BCUT2D eigenvalue weighted by Crippen LogP contribution is -2.49. The molecule has 5 rings (SSSR count). The van der Waals surface area contributed by atoms with Crippen LogP contribution in [0.2, 0.25) is 0 Å². The second kappa shape index (κ2) is 9.77. The third kappa shape index (κ3) is 4.59. The van der Waals surface area contributed by atoms with E-state index >= 15 is 0 Å². The van der Waals surface area contributed by atoms with Crippen LogP contribution >= 0.6 is 11.3 Å². The molecule has 4 aromatic rings. The van der Waals surface area contributed by atoms with Crippen LogP contribution in [0, 0.1) is 6.92 Å². The van der Waals surface area contributed by atoms with E-state index < -0.39 is 0 Å². The number of hydrogen-bond donors (Lipinski definition) is 1. The van der Waals surface area contributed by atoms with Gasteiger partial charge in [0.2, 0.25) is 0 Å². The topological polar surface area (TPSA) is 62.3 Å². The minimum absolute atomic E-state index is 0.0451. The number of nitrogens with one attached hydrogen (secondary N) is 1. The summed E-state index contributed by atoms with van der Waals surface area (Å²) in [6.45, 7) is 3.05. The number of likely N-dealkylation sites (tertiary alicyclic amines) is 1. The first-order chi connectivity index (χ1) is 16.6. The van der Waals surface area contributed by atoms with E-state index in [-0.39, 0.29) is 17.9 Å². The fourth-order valence-electron chi connectivity index (χ4n) is 4.62. The Balaban J connectivity index is 1.33. The molecular weight excluding hydrogens is 442 g/mol. The molecule has 1 N–H and O–H groups in total. The molecular formula is C28H27N3O2S. The standard InChI is InChI=1S/C28H27N3O2S/c1-19-30-25(26(34-19)21-10-3-2-4-11-21)28(33)31-16-8-7-13-24(31)18-29-27(32)23-15-14-20-9-5-6-12-22(20)17-23/h2-6,9-12,14-15,17,24H,7-8,13,16,18H2,1H3,(H,29,32). The number of thiazole rings is 1. The Labute approximate surface area is 203 Å². The number of fused-ring (bicyclic) bond motifs is 1. The fraction of sp³-hybridized carbons (Fsp3) is 0.250. The van der Waals surface area contributed by atoms with Gasteiger partial charge in [-0.15, -0.1) is 11.3 Å². The first kappa shape index (κ1) is 22.3. The van der Waals surface area contributed by atoms with Crippen LogP contribution in [0.4, 0.5) is 0 Å². The highest BCUT2D eigenvalue weighted by Crippen LogP contribution is 2.32. The van der Waals surface area contributed by atoms with Gasteiger partial charge in [0.25, 0.3) is 11.8 Å². The van der Waals surface area contributed by atoms with E-state index in [4.69, 9.17) is 0 Å². The van der Waals surface area contributed by atoms with E-state index in [0.717, 1.165) is 45.5 Å². The molecule has 0 radical (unpaired) electrons. The van der Waals surface area contributed by atoms with Crippen molar-refractivity contribution in [1.82, 2.24) is 15.2 Å². The van der Waals surface area contributed by atoms with Gasteiger partial charge in [-0.25, -0.2) is 4.98 Å². The molecule has 1 aromatic heterocycles. The van der Waals surface area contributed by atoms with Crippen LogP contribution in [0.25, 0.3) is 21.2 Å². The zero-order valence-electron chi connectivity index (χ0n) is 19.2. The SMILES string of the molecule is Cc1nc(C(=O)N2CCCCC2CNC(=O)c2ccc3ccccc3c2)c(-c2ccccc2)s1. The molecule has 0 spiro atoms. The summed E-state index contributed by atoms with van der Waals surface area (Å²) in [6.07, 6.45) is 2.88. The molecule has 0 aliphatic carbocycles. The fourth-order valence-corrected chi connectivity index (χ4v) is 5.53. The van der Waals surface area contributed by atoms with Gasteiger partial charge in [0.15, 0.2) is 0 Å². The summed E-state index contributed by atoms with van der Waals surface area (Å²) in [5.41, 5.74) is 2.16. The van der Waals surface area contributed by atoms with E-state index in [1.54, 1.807) is 11.3 Å². The Morgan fingerprint density at radius 1 is 1.00 bits per heavy atom. The lowest BCUT2D eigenvalue weighted by Gasteiger charge is -2.35. The Hall–Kier alpha value is -3.51. The van der Waals surface area contributed by atoms with Crippen molar-refractivity contribution in [3.05, 3.63) is 89.1 Å². The molecule has 0 saturated carbocycles. The van der Waals surface area contributed by atoms with Crippen LogP contribution in [0.15, 0.2) is 72.8 Å². The van der Waals surface area contributed by atoms with E-state index in [0.29, 0.717) is 24.3 Å². The second-order valence-electron chi connectivity index (χ2n) is 8.70. The molecule has 1 fully saturated rings. The van der Waals surface area contributed by atoms with Gasteiger partial charge in [0, 0.05) is 24.7 Å². The number of aromatic nitrogens is 1. The average Bonchev–Trinajstić information content (AvgIpc) is 3.29. The monoisotopic (exact) mass is 469 g/mol. The van der Waals surface area contributed by atoms with E-state index in [1.165, 1.54) is 0 Å². The summed E-state index contributed by atoms with van der Waals surface area (Å²) in [6, 6.07) is 23.6. The molecule has 2 amide bonds. The first-order valence-electron chi connectivity index (χ1n) is 11.7. The molecule has 0 bridgehead atoms. The van der Waals surface area contributed by atoms with Crippen LogP contribution in [0.5, 0.6) is 0 Å². The lowest BCUT2D eigenvalue weighted by atomic mass is 10.0. The number of nitrogens with zero attached hydrogens (tertiary/aromatic N) is 2. The molecule has 1 saturated heterocycles. The Morgan fingerprint density at radius 3 is 2.59 bits per heavy atom. The third-order valence-corrected chi connectivity index (χ3v) is 7.39. The minimum atomic E-state index is -0.113. The van der Waals surface area contributed by atoms with Crippen molar-refractivity contribution in [2.24, 2.45) is 0 Å². The second-order valence-corrected chi connectivity index (χ2v) is 9.90. The summed E-state index contributed by atoms with van der Waals surface area (Å²) in [5.74, 6) is -0.161. The Morgan fingerprint density at radius 2 is 1.76 bits per heavy atom. The van der Waals surface area contributed by atoms with Crippen LogP contribution in [0.3, 0.4) is 0 Å². The molecule has 5 nitrogen and oxygen atoms in total. The van der Waals surface area contributed by atoms with Crippen LogP contribution in [0.1, 0.15) is 45.1 Å². The van der Waals surface area contributed by atoms with Gasteiger partial charge in [0.1, 0.15) is 5.69 Å². The van der Waals surface area contributed by atoms with Gasteiger partial charge in [-0.05, 0) is 54.7 Å². The number of carbonyl (C=O) groups is 2. The normalized spacial score (nSPS) is 15.9. The number of benzene rings is 3. The highest BCUT2D eigenvalue weighted by atomic mass is 32.1.